The highest BCUT2D eigenvalue weighted by molar-refractivity contribution is 5.94. The van der Waals surface area contributed by atoms with Crippen LogP contribution in [0.4, 0.5) is 5.69 Å². The van der Waals surface area contributed by atoms with Crippen LogP contribution in [-0.2, 0) is 9.53 Å². The SMILES string of the molecule is CCOC(=O)CC1CCN(c2c[c]cc(C(C)=O)c2)CC1. The largest absolute Gasteiger partial charge is 0.466 e. The Morgan fingerprint density at radius 2 is 2.05 bits per heavy atom. The van der Waals surface area contributed by atoms with E-state index in [0.29, 0.717) is 24.5 Å². The molecule has 0 atom stereocenters. The maximum Gasteiger partial charge on any atom is 0.306 e. The van der Waals surface area contributed by atoms with Crippen molar-refractivity contribution in [2.24, 2.45) is 5.92 Å². The van der Waals surface area contributed by atoms with E-state index in [1.165, 1.54) is 0 Å². The first kappa shape index (κ1) is 15.5. The van der Waals surface area contributed by atoms with Crippen molar-refractivity contribution in [3.63, 3.8) is 0 Å². The maximum absolute atomic E-state index is 11.5. The monoisotopic (exact) mass is 288 g/mol. The first-order chi connectivity index (χ1) is 10.1. The van der Waals surface area contributed by atoms with E-state index in [2.05, 4.69) is 11.0 Å². The van der Waals surface area contributed by atoms with Gasteiger partial charge in [0.1, 0.15) is 0 Å². The normalized spacial score (nSPS) is 15.8. The fourth-order valence-corrected chi connectivity index (χ4v) is 2.70. The van der Waals surface area contributed by atoms with E-state index in [1.807, 2.05) is 19.1 Å². The Balaban J connectivity index is 1.90. The molecule has 0 saturated carbocycles. The first-order valence-corrected chi connectivity index (χ1v) is 7.52. The van der Waals surface area contributed by atoms with E-state index >= 15 is 0 Å². The topological polar surface area (TPSA) is 46.6 Å². The van der Waals surface area contributed by atoms with E-state index in [1.54, 1.807) is 13.0 Å². The number of nitrogens with zero attached hydrogens (tertiary/aromatic N) is 1. The predicted octanol–water partition coefficient (Wildman–Crippen LogP) is 2.86. The summed E-state index contributed by atoms with van der Waals surface area (Å²) >= 11 is 0. The van der Waals surface area contributed by atoms with Gasteiger partial charge in [0.2, 0.25) is 0 Å². The third-order valence-corrected chi connectivity index (χ3v) is 3.92. The summed E-state index contributed by atoms with van der Waals surface area (Å²) in [5, 5.41) is 0. The van der Waals surface area contributed by atoms with Crippen molar-refractivity contribution < 1.29 is 14.3 Å². The number of Topliss-reactive ketones (excluding diaryl/α,β-unsaturated/α-hetero) is 1. The molecule has 0 spiro atoms. The number of anilines is 1. The first-order valence-electron chi connectivity index (χ1n) is 7.52. The number of piperidine rings is 1. The molecule has 0 aromatic heterocycles. The Morgan fingerprint density at radius 1 is 1.33 bits per heavy atom. The molecule has 0 aliphatic carbocycles. The van der Waals surface area contributed by atoms with Crippen LogP contribution in [-0.4, -0.2) is 31.4 Å². The lowest BCUT2D eigenvalue weighted by Crippen LogP contribution is -2.34. The second-order valence-corrected chi connectivity index (χ2v) is 5.48. The van der Waals surface area contributed by atoms with E-state index in [0.717, 1.165) is 31.6 Å². The van der Waals surface area contributed by atoms with Gasteiger partial charge in [-0.2, -0.15) is 0 Å². The lowest BCUT2D eigenvalue weighted by molar-refractivity contribution is -0.144. The van der Waals surface area contributed by atoms with Crippen molar-refractivity contribution in [3.8, 4) is 0 Å². The maximum atomic E-state index is 11.5. The number of esters is 1. The lowest BCUT2D eigenvalue weighted by Gasteiger charge is -2.33. The summed E-state index contributed by atoms with van der Waals surface area (Å²) in [6, 6.07) is 8.59. The summed E-state index contributed by atoms with van der Waals surface area (Å²) in [6.07, 6.45) is 2.47. The molecule has 1 aliphatic rings. The average molecular weight is 288 g/mol. The second-order valence-electron chi connectivity index (χ2n) is 5.48. The number of hydrogen-bond donors (Lipinski definition) is 0. The highest BCUT2D eigenvalue weighted by Gasteiger charge is 2.22. The molecule has 0 bridgehead atoms. The summed E-state index contributed by atoms with van der Waals surface area (Å²) in [5.41, 5.74) is 1.73. The van der Waals surface area contributed by atoms with Crippen LogP contribution < -0.4 is 4.90 Å². The van der Waals surface area contributed by atoms with Gasteiger partial charge in [0, 0.05) is 30.8 Å². The van der Waals surface area contributed by atoms with Gasteiger partial charge in [0.15, 0.2) is 5.78 Å². The van der Waals surface area contributed by atoms with E-state index < -0.39 is 0 Å². The minimum absolute atomic E-state index is 0.0605. The van der Waals surface area contributed by atoms with Gasteiger partial charge in [-0.3, -0.25) is 9.59 Å². The molecule has 21 heavy (non-hydrogen) atoms. The van der Waals surface area contributed by atoms with Crippen LogP contribution in [0.5, 0.6) is 0 Å². The van der Waals surface area contributed by atoms with Gasteiger partial charge in [-0.25, -0.2) is 0 Å². The van der Waals surface area contributed by atoms with Crippen LogP contribution in [0.15, 0.2) is 18.2 Å². The Kier molecular flexibility index (Phi) is 5.37. The fourth-order valence-electron chi connectivity index (χ4n) is 2.70. The van der Waals surface area contributed by atoms with E-state index in [4.69, 9.17) is 4.74 Å². The van der Waals surface area contributed by atoms with Crippen LogP contribution in [0, 0.1) is 12.0 Å². The smallest absolute Gasteiger partial charge is 0.306 e. The third kappa shape index (κ3) is 4.31. The molecule has 113 valence electrons. The number of rotatable bonds is 5. The second kappa shape index (κ2) is 7.25. The van der Waals surface area contributed by atoms with Gasteiger partial charge in [0.25, 0.3) is 0 Å². The molecule has 2 rings (SSSR count). The van der Waals surface area contributed by atoms with E-state index in [9.17, 15) is 9.59 Å². The van der Waals surface area contributed by atoms with Gasteiger partial charge in [-0.1, -0.05) is 0 Å². The number of ether oxygens (including phenoxy) is 1. The molecule has 1 heterocycles. The van der Waals surface area contributed by atoms with Gasteiger partial charge < -0.3 is 9.64 Å². The van der Waals surface area contributed by atoms with Gasteiger partial charge in [-0.15, -0.1) is 0 Å². The average Bonchev–Trinajstić information content (AvgIpc) is 2.48. The minimum Gasteiger partial charge on any atom is -0.466 e. The number of hydrogen-bond acceptors (Lipinski definition) is 4. The molecule has 1 aromatic carbocycles. The predicted molar refractivity (Wildman–Crippen MR) is 81.5 cm³/mol. The molecule has 4 nitrogen and oxygen atoms in total. The Labute approximate surface area is 126 Å². The highest BCUT2D eigenvalue weighted by atomic mass is 16.5. The van der Waals surface area contributed by atoms with Crippen molar-refractivity contribution in [2.45, 2.75) is 33.1 Å². The zero-order chi connectivity index (χ0) is 15.2. The molecule has 1 radical (unpaired) electrons. The van der Waals surface area contributed by atoms with Gasteiger partial charge in [0.05, 0.1) is 6.61 Å². The molecule has 4 heteroatoms. The van der Waals surface area contributed by atoms with Gasteiger partial charge in [-0.05, 0) is 56.9 Å². The Bertz CT molecular complexity index is 505. The van der Waals surface area contributed by atoms with E-state index in [-0.39, 0.29) is 11.8 Å². The summed E-state index contributed by atoms with van der Waals surface area (Å²) < 4.78 is 5.00. The Hall–Kier alpha value is -1.84. The lowest BCUT2D eigenvalue weighted by atomic mass is 9.93. The van der Waals surface area contributed by atoms with Gasteiger partial charge >= 0.3 is 5.97 Å². The third-order valence-electron chi connectivity index (χ3n) is 3.92. The number of carbonyl (C=O) groups is 2. The molecule has 1 aromatic rings. The highest BCUT2D eigenvalue weighted by Crippen LogP contribution is 2.26. The Morgan fingerprint density at radius 3 is 2.67 bits per heavy atom. The number of ketones is 1. The van der Waals surface area contributed by atoms with Crippen LogP contribution >= 0.6 is 0 Å². The number of benzene rings is 1. The van der Waals surface area contributed by atoms with Crippen molar-refractivity contribution in [1.82, 2.24) is 0 Å². The summed E-state index contributed by atoms with van der Waals surface area (Å²) in [7, 11) is 0. The van der Waals surface area contributed by atoms with Crippen molar-refractivity contribution >= 4 is 17.4 Å². The molecule has 1 fully saturated rings. The summed E-state index contributed by atoms with van der Waals surface area (Å²) in [4.78, 5) is 25.2. The molecular formula is C17H22NO3. The zero-order valence-corrected chi connectivity index (χ0v) is 12.7. The van der Waals surface area contributed by atoms with Crippen molar-refractivity contribution in [1.29, 1.82) is 0 Å². The zero-order valence-electron chi connectivity index (χ0n) is 12.7. The molecule has 1 aliphatic heterocycles. The van der Waals surface area contributed by atoms with Crippen molar-refractivity contribution in [3.05, 3.63) is 29.8 Å². The molecule has 0 N–H and O–H groups in total. The quantitative estimate of drug-likeness (QED) is 0.617. The van der Waals surface area contributed by atoms with Crippen molar-refractivity contribution in [2.75, 3.05) is 24.6 Å². The number of carbonyl (C=O) groups excluding carboxylic acids is 2. The minimum atomic E-state index is -0.0946. The van der Waals surface area contributed by atoms with Crippen LogP contribution in [0.3, 0.4) is 0 Å². The summed E-state index contributed by atoms with van der Waals surface area (Å²) in [6.45, 7) is 5.65. The standard InChI is InChI=1S/C17H22NO3/c1-3-21-17(20)11-14-7-9-18(10-8-14)16-6-4-5-15(12-16)13(2)19/h5-6,12,14H,3,7-11H2,1-2H3. The molecule has 0 unspecified atom stereocenters. The molecule has 1 saturated heterocycles. The van der Waals surface area contributed by atoms with Crippen LogP contribution in [0.2, 0.25) is 0 Å². The summed E-state index contributed by atoms with van der Waals surface area (Å²) in [5.74, 6) is 0.369. The van der Waals surface area contributed by atoms with Crippen LogP contribution in [0.25, 0.3) is 0 Å². The molecular weight excluding hydrogens is 266 g/mol. The van der Waals surface area contributed by atoms with Crippen LogP contribution in [0.1, 0.15) is 43.5 Å². The fraction of sp³-hybridized carbons (Fsp3) is 0.529. The molecule has 0 amide bonds.